The van der Waals surface area contributed by atoms with Crippen LogP contribution in [0.4, 0.5) is 5.69 Å². The molecule has 3 aromatic rings. The lowest BCUT2D eigenvalue weighted by atomic mass is 9.85. The molecule has 1 fully saturated rings. The van der Waals surface area contributed by atoms with Crippen LogP contribution in [0.2, 0.25) is 10.0 Å². The van der Waals surface area contributed by atoms with Gasteiger partial charge >= 0.3 is 0 Å². The molecule has 1 unspecified atom stereocenters. The van der Waals surface area contributed by atoms with Gasteiger partial charge in [0.05, 0.1) is 35.0 Å². The van der Waals surface area contributed by atoms with Gasteiger partial charge in [-0.05, 0) is 59.4 Å². The third kappa shape index (κ3) is 4.79. The van der Waals surface area contributed by atoms with E-state index in [1.165, 1.54) is 25.3 Å². The van der Waals surface area contributed by atoms with Gasteiger partial charge in [-0.2, -0.15) is 0 Å². The van der Waals surface area contributed by atoms with E-state index in [9.17, 15) is 19.8 Å². The van der Waals surface area contributed by atoms with Crippen LogP contribution in [0, 0.1) is 6.92 Å². The van der Waals surface area contributed by atoms with Gasteiger partial charge in [0.2, 0.25) is 0 Å². The average Bonchev–Trinajstić information content (AvgIpc) is 3.09. The zero-order chi connectivity index (χ0) is 27.2. The number of hydrogen-bond acceptors (Lipinski definition) is 5. The summed E-state index contributed by atoms with van der Waals surface area (Å²) in [6.07, 6.45) is 0. The smallest absolute Gasteiger partial charge is 0.300 e. The molecule has 4 rings (SSSR count). The van der Waals surface area contributed by atoms with E-state index < -0.39 is 23.5 Å². The van der Waals surface area contributed by atoms with Gasteiger partial charge in [0.1, 0.15) is 17.3 Å². The number of carbonyl (C=O) groups excluding carboxylic acids is 2. The van der Waals surface area contributed by atoms with Crippen LogP contribution in [0.15, 0.2) is 60.2 Å². The maximum absolute atomic E-state index is 13.5. The van der Waals surface area contributed by atoms with Crippen LogP contribution in [-0.2, 0) is 15.0 Å². The number of amides is 1. The van der Waals surface area contributed by atoms with Crippen LogP contribution >= 0.6 is 23.2 Å². The Morgan fingerprint density at radius 2 is 1.65 bits per heavy atom. The van der Waals surface area contributed by atoms with Crippen molar-refractivity contribution in [2.45, 2.75) is 39.2 Å². The summed E-state index contributed by atoms with van der Waals surface area (Å²) in [6.45, 7) is 8.01. The molecule has 0 spiro atoms. The highest BCUT2D eigenvalue weighted by Crippen LogP contribution is 2.47. The molecule has 8 heteroatoms. The topological polar surface area (TPSA) is 87.1 Å². The molecule has 3 aromatic carbocycles. The number of halogens is 2. The van der Waals surface area contributed by atoms with E-state index in [1.54, 1.807) is 31.2 Å². The fourth-order valence-corrected chi connectivity index (χ4v) is 5.03. The third-order valence-corrected chi connectivity index (χ3v) is 6.90. The lowest BCUT2D eigenvalue weighted by Gasteiger charge is -2.27. The number of aliphatic hydroxyl groups excluding tert-OH is 1. The number of ether oxygens (including phenoxy) is 1. The van der Waals surface area contributed by atoms with Crippen LogP contribution in [0.1, 0.15) is 49.1 Å². The molecule has 192 valence electrons. The predicted molar refractivity (Wildman–Crippen MR) is 146 cm³/mol. The summed E-state index contributed by atoms with van der Waals surface area (Å²) >= 11 is 12.5. The lowest BCUT2D eigenvalue weighted by molar-refractivity contribution is -0.132. The van der Waals surface area contributed by atoms with Crippen LogP contribution in [0.3, 0.4) is 0 Å². The molecule has 1 aliphatic rings. The zero-order valence-electron chi connectivity index (χ0n) is 21.1. The summed E-state index contributed by atoms with van der Waals surface area (Å²) in [4.78, 5) is 28.1. The van der Waals surface area contributed by atoms with Crippen LogP contribution in [0.5, 0.6) is 11.5 Å². The molecule has 37 heavy (non-hydrogen) atoms. The molecule has 0 radical (unpaired) electrons. The first-order chi connectivity index (χ1) is 17.3. The Morgan fingerprint density at radius 3 is 2.24 bits per heavy atom. The monoisotopic (exact) mass is 539 g/mol. The van der Waals surface area contributed by atoms with Gasteiger partial charge in [0.25, 0.3) is 11.7 Å². The maximum Gasteiger partial charge on any atom is 0.300 e. The van der Waals surface area contributed by atoms with E-state index in [1.807, 2.05) is 12.1 Å². The molecule has 0 aromatic heterocycles. The number of Topliss-reactive ketones (excluding diaryl/α,β-unsaturated/α-hetero) is 1. The number of hydrogen-bond donors (Lipinski definition) is 2. The number of phenols is 1. The molecule has 1 heterocycles. The maximum atomic E-state index is 13.5. The van der Waals surface area contributed by atoms with E-state index >= 15 is 0 Å². The van der Waals surface area contributed by atoms with Crippen LogP contribution in [0.25, 0.3) is 5.76 Å². The molecular weight excluding hydrogens is 513 g/mol. The number of carbonyl (C=O) groups is 2. The molecule has 0 bridgehead atoms. The lowest BCUT2D eigenvalue weighted by Crippen LogP contribution is -2.29. The summed E-state index contributed by atoms with van der Waals surface area (Å²) in [5.74, 6) is -2.33. The van der Waals surface area contributed by atoms with Crippen molar-refractivity contribution in [2.24, 2.45) is 0 Å². The number of nitrogens with zero attached hydrogens (tertiary/aromatic N) is 1. The quantitative estimate of drug-likeness (QED) is 0.213. The molecule has 6 nitrogen and oxygen atoms in total. The second-order valence-electron chi connectivity index (χ2n) is 10.0. The van der Waals surface area contributed by atoms with Crippen molar-refractivity contribution in [3.63, 3.8) is 0 Å². The molecule has 1 aliphatic heterocycles. The first kappa shape index (κ1) is 26.6. The van der Waals surface area contributed by atoms with E-state index in [0.29, 0.717) is 5.56 Å². The van der Waals surface area contributed by atoms with Gasteiger partial charge in [0, 0.05) is 5.02 Å². The Labute approximate surface area is 225 Å². The molecule has 0 aliphatic carbocycles. The fraction of sp³-hybridized carbons (Fsp3) is 0.241. The number of benzene rings is 3. The second-order valence-corrected chi connectivity index (χ2v) is 10.8. The highest BCUT2D eigenvalue weighted by Gasteiger charge is 2.48. The Balaban J connectivity index is 2.02. The molecule has 1 amide bonds. The minimum atomic E-state index is -1.05. The Bertz CT molecular complexity index is 1440. The van der Waals surface area contributed by atoms with E-state index in [-0.39, 0.29) is 43.8 Å². The van der Waals surface area contributed by atoms with Gasteiger partial charge in [-0.1, -0.05) is 68.2 Å². The normalized spacial score (nSPS) is 17.4. The number of rotatable bonds is 4. The third-order valence-electron chi connectivity index (χ3n) is 6.38. The number of phenolic OH excluding ortho intramolecular Hbond substituents is 1. The van der Waals surface area contributed by atoms with Crippen molar-refractivity contribution in [3.05, 3.63) is 92.5 Å². The number of aliphatic hydroxyl groups is 1. The Kier molecular flexibility index (Phi) is 7.01. The first-order valence-corrected chi connectivity index (χ1v) is 12.3. The van der Waals surface area contributed by atoms with Crippen molar-refractivity contribution in [1.82, 2.24) is 0 Å². The number of aryl methyl sites for hydroxylation is 1. The van der Waals surface area contributed by atoms with Crippen molar-refractivity contribution < 1.29 is 24.5 Å². The first-order valence-electron chi connectivity index (χ1n) is 11.6. The number of anilines is 1. The Hall–Kier alpha value is -3.48. The van der Waals surface area contributed by atoms with E-state index in [4.69, 9.17) is 27.9 Å². The standard InChI is InChI=1S/C29H27Cl2NO5/c1-15-12-19(27(37-5)20(31)13-15)25(34)23-24(16-6-8-17(9-7-16)29(2,3)4)32(28(36)26(23)35)21-14-18(30)10-11-22(21)33/h6-14,24,33-34H,1-5H3/b25-23+. The van der Waals surface area contributed by atoms with Crippen molar-refractivity contribution in [3.8, 4) is 11.5 Å². The second kappa shape index (κ2) is 9.77. The zero-order valence-corrected chi connectivity index (χ0v) is 22.6. The van der Waals surface area contributed by atoms with Gasteiger partial charge in [-0.15, -0.1) is 0 Å². The molecule has 0 saturated carbocycles. The van der Waals surface area contributed by atoms with E-state index in [2.05, 4.69) is 20.8 Å². The Morgan fingerprint density at radius 1 is 1.00 bits per heavy atom. The highest BCUT2D eigenvalue weighted by molar-refractivity contribution is 6.52. The largest absolute Gasteiger partial charge is 0.507 e. The van der Waals surface area contributed by atoms with E-state index in [0.717, 1.165) is 16.0 Å². The van der Waals surface area contributed by atoms with Gasteiger partial charge in [0.15, 0.2) is 0 Å². The SMILES string of the molecule is COc1c(Cl)cc(C)cc1/C(O)=C1\C(=O)C(=O)N(c2cc(Cl)ccc2O)C1c1ccc(C(C)(C)C)cc1. The van der Waals surface area contributed by atoms with Gasteiger partial charge in [-0.3, -0.25) is 14.5 Å². The summed E-state index contributed by atoms with van der Waals surface area (Å²) in [5, 5.41) is 22.7. The molecule has 1 saturated heterocycles. The summed E-state index contributed by atoms with van der Waals surface area (Å²) in [6, 6.07) is 13.9. The predicted octanol–water partition coefficient (Wildman–Crippen LogP) is 6.94. The fourth-order valence-electron chi connectivity index (χ4n) is 4.51. The van der Waals surface area contributed by atoms with Crippen molar-refractivity contribution >= 4 is 46.3 Å². The molecular formula is C29H27Cl2NO5. The minimum absolute atomic E-state index is 0.0489. The van der Waals surface area contributed by atoms with Crippen molar-refractivity contribution in [2.75, 3.05) is 12.0 Å². The summed E-state index contributed by atoms with van der Waals surface area (Å²) in [5.41, 5.74) is 2.27. The van der Waals surface area contributed by atoms with Crippen molar-refractivity contribution in [1.29, 1.82) is 0 Å². The van der Waals surface area contributed by atoms with Gasteiger partial charge in [-0.25, -0.2) is 0 Å². The summed E-state index contributed by atoms with van der Waals surface area (Å²) < 4.78 is 5.42. The average molecular weight is 540 g/mol. The number of aromatic hydroxyl groups is 1. The van der Waals surface area contributed by atoms with Crippen LogP contribution in [-0.4, -0.2) is 29.0 Å². The number of ketones is 1. The van der Waals surface area contributed by atoms with Gasteiger partial charge < -0.3 is 14.9 Å². The highest BCUT2D eigenvalue weighted by atomic mass is 35.5. The van der Waals surface area contributed by atoms with Crippen LogP contribution < -0.4 is 9.64 Å². The number of methoxy groups -OCH3 is 1. The molecule has 2 N–H and O–H groups in total. The molecule has 1 atom stereocenters. The minimum Gasteiger partial charge on any atom is -0.507 e. The summed E-state index contributed by atoms with van der Waals surface area (Å²) in [7, 11) is 1.40.